The van der Waals surface area contributed by atoms with Crippen molar-refractivity contribution in [2.24, 2.45) is 5.92 Å². The van der Waals surface area contributed by atoms with Crippen molar-refractivity contribution in [2.45, 2.75) is 37.7 Å². The second-order valence-electron chi connectivity index (χ2n) is 5.61. The summed E-state index contributed by atoms with van der Waals surface area (Å²) in [6, 6.07) is 8.37. The molecule has 1 aromatic heterocycles. The maximum atomic E-state index is 9.89. The highest BCUT2D eigenvalue weighted by atomic mass is 16.5. The molecule has 19 heavy (non-hydrogen) atoms. The molecular formula is C15H16N2O2. The molecule has 0 aliphatic heterocycles. The number of fused-ring (bicyclic) bond motifs is 1. The number of hydrogen-bond donors (Lipinski definition) is 1. The van der Waals surface area contributed by atoms with Crippen LogP contribution in [0.25, 0.3) is 0 Å². The minimum absolute atomic E-state index is 0.270. The molecule has 1 aromatic carbocycles. The summed E-state index contributed by atoms with van der Waals surface area (Å²) in [5.74, 6) is 2.04. The highest BCUT2D eigenvalue weighted by molar-refractivity contribution is 5.43. The minimum Gasteiger partial charge on any atom is -0.392 e. The molecule has 2 aliphatic rings. The van der Waals surface area contributed by atoms with Gasteiger partial charge in [-0.2, -0.15) is 4.98 Å². The molecule has 98 valence electrons. The Bertz CT molecular complexity index is 604. The lowest BCUT2D eigenvalue weighted by Crippen LogP contribution is -2.19. The third-order valence-corrected chi connectivity index (χ3v) is 4.20. The summed E-state index contributed by atoms with van der Waals surface area (Å²) in [4.78, 5) is 4.44. The van der Waals surface area contributed by atoms with E-state index in [1.54, 1.807) is 0 Å². The van der Waals surface area contributed by atoms with Crippen LogP contribution in [-0.4, -0.2) is 21.4 Å². The van der Waals surface area contributed by atoms with E-state index < -0.39 is 0 Å². The molecule has 0 radical (unpaired) electrons. The van der Waals surface area contributed by atoms with Crippen molar-refractivity contribution < 1.29 is 9.63 Å². The first-order valence-electron chi connectivity index (χ1n) is 6.89. The average molecular weight is 256 g/mol. The monoisotopic (exact) mass is 256 g/mol. The summed E-state index contributed by atoms with van der Waals surface area (Å²) < 4.78 is 5.26. The highest BCUT2D eigenvalue weighted by Gasteiger charge is 2.33. The second-order valence-corrected chi connectivity index (χ2v) is 5.61. The van der Waals surface area contributed by atoms with Crippen molar-refractivity contribution in [3.05, 3.63) is 47.1 Å². The SMILES string of the molecule is OC(Cc1nc(C2Cc3ccccc32)no1)C1CC1. The fourth-order valence-electron chi connectivity index (χ4n) is 2.81. The van der Waals surface area contributed by atoms with Gasteiger partial charge in [0, 0.05) is 0 Å². The number of rotatable bonds is 4. The average Bonchev–Trinajstić information content (AvgIpc) is 3.14. The normalized spacial score (nSPS) is 22.7. The van der Waals surface area contributed by atoms with Crippen molar-refractivity contribution in [3.8, 4) is 0 Å². The van der Waals surface area contributed by atoms with E-state index in [1.807, 2.05) is 6.07 Å². The molecular weight excluding hydrogens is 240 g/mol. The summed E-state index contributed by atoms with van der Waals surface area (Å²) >= 11 is 0. The number of aliphatic hydroxyl groups excluding tert-OH is 1. The Hall–Kier alpha value is -1.68. The molecule has 0 amide bonds. The predicted molar refractivity (Wildman–Crippen MR) is 68.7 cm³/mol. The first-order valence-corrected chi connectivity index (χ1v) is 6.89. The largest absolute Gasteiger partial charge is 0.392 e. The van der Waals surface area contributed by atoms with E-state index in [9.17, 15) is 5.11 Å². The van der Waals surface area contributed by atoms with Gasteiger partial charge in [0.25, 0.3) is 0 Å². The van der Waals surface area contributed by atoms with Crippen LogP contribution in [0.5, 0.6) is 0 Å². The molecule has 2 unspecified atom stereocenters. The maximum Gasteiger partial charge on any atom is 0.229 e. The smallest absolute Gasteiger partial charge is 0.229 e. The van der Waals surface area contributed by atoms with E-state index in [0.717, 1.165) is 25.1 Å². The topological polar surface area (TPSA) is 59.2 Å². The van der Waals surface area contributed by atoms with Gasteiger partial charge in [0.1, 0.15) is 0 Å². The summed E-state index contributed by atoms with van der Waals surface area (Å²) in [5.41, 5.74) is 2.68. The van der Waals surface area contributed by atoms with E-state index in [0.29, 0.717) is 18.2 Å². The molecule has 2 atom stereocenters. The van der Waals surface area contributed by atoms with Gasteiger partial charge in [0.2, 0.25) is 5.89 Å². The fraction of sp³-hybridized carbons (Fsp3) is 0.467. The molecule has 1 N–H and O–H groups in total. The van der Waals surface area contributed by atoms with Crippen LogP contribution in [0.1, 0.15) is 41.6 Å². The van der Waals surface area contributed by atoms with Gasteiger partial charge in [-0.05, 0) is 36.3 Å². The molecule has 1 saturated carbocycles. The van der Waals surface area contributed by atoms with E-state index in [1.165, 1.54) is 11.1 Å². The molecule has 4 nitrogen and oxygen atoms in total. The molecule has 1 fully saturated rings. The van der Waals surface area contributed by atoms with Crippen LogP contribution >= 0.6 is 0 Å². The van der Waals surface area contributed by atoms with Crippen LogP contribution in [0.4, 0.5) is 0 Å². The molecule has 2 aromatic rings. The summed E-state index contributed by atoms with van der Waals surface area (Å²) in [6.45, 7) is 0. The molecule has 4 rings (SSSR count). The van der Waals surface area contributed by atoms with Crippen LogP contribution in [-0.2, 0) is 12.8 Å². The molecule has 0 saturated heterocycles. The van der Waals surface area contributed by atoms with Gasteiger partial charge in [-0.1, -0.05) is 29.4 Å². The van der Waals surface area contributed by atoms with Crippen molar-refractivity contribution >= 4 is 0 Å². The Balaban J connectivity index is 1.50. The van der Waals surface area contributed by atoms with Crippen LogP contribution < -0.4 is 0 Å². The zero-order chi connectivity index (χ0) is 12.8. The standard InChI is InChI=1S/C15H16N2O2/c18-13(9-5-6-9)8-14-16-15(17-19-14)12-7-10-3-1-2-4-11(10)12/h1-4,9,12-13,18H,5-8H2. The number of aromatic nitrogens is 2. The number of benzene rings is 1. The van der Waals surface area contributed by atoms with Gasteiger partial charge in [-0.15, -0.1) is 0 Å². The molecule has 1 heterocycles. The van der Waals surface area contributed by atoms with Gasteiger partial charge in [0.15, 0.2) is 5.82 Å². The molecule has 0 spiro atoms. The number of hydrogen-bond acceptors (Lipinski definition) is 4. The lowest BCUT2D eigenvalue weighted by atomic mass is 9.77. The third kappa shape index (κ3) is 1.96. The Kier molecular flexibility index (Phi) is 2.45. The van der Waals surface area contributed by atoms with E-state index >= 15 is 0 Å². The van der Waals surface area contributed by atoms with E-state index in [4.69, 9.17) is 4.52 Å². The van der Waals surface area contributed by atoms with Crippen LogP contribution in [0.2, 0.25) is 0 Å². The molecule has 2 aliphatic carbocycles. The first kappa shape index (κ1) is 11.2. The van der Waals surface area contributed by atoms with E-state index in [-0.39, 0.29) is 12.0 Å². The lowest BCUT2D eigenvalue weighted by molar-refractivity contribution is 0.140. The summed E-state index contributed by atoms with van der Waals surface area (Å²) in [5, 5.41) is 14.0. The van der Waals surface area contributed by atoms with Crippen LogP contribution in [0.15, 0.2) is 28.8 Å². The minimum atomic E-state index is -0.318. The summed E-state index contributed by atoms with van der Waals surface area (Å²) in [7, 11) is 0. The van der Waals surface area contributed by atoms with Crippen molar-refractivity contribution in [1.29, 1.82) is 0 Å². The first-order chi connectivity index (χ1) is 9.31. The Morgan fingerprint density at radius 2 is 2.16 bits per heavy atom. The number of nitrogens with zero attached hydrogens (tertiary/aromatic N) is 2. The van der Waals surface area contributed by atoms with Gasteiger partial charge < -0.3 is 9.63 Å². The highest BCUT2D eigenvalue weighted by Crippen LogP contribution is 2.39. The Morgan fingerprint density at radius 3 is 2.95 bits per heavy atom. The van der Waals surface area contributed by atoms with Crippen LogP contribution in [0, 0.1) is 5.92 Å². The predicted octanol–water partition coefficient (Wildman–Crippen LogP) is 2.07. The van der Waals surface area contributed by atoms with Crippen LogP contribution in [0.3, 0.4) is 0 Å². The Morgan fingerprint density at radius 1 is 1.32 bits per heavy atom. The van der Waals surface area contributed by atoms with Gasteiger partial charge in [-0.3, -0.25) is 0 Å². The Labute approximate surface area is 111 Å². The molecule has 4 heteroatoms. The molecule has 0 bridgehead atoms. The second kappa shape index (κ2) is 4.17. The van der Waals surface area contributed by atoms with Gasteiger partial charge >= 0.3 is 0 Å². The van der Waals surface area contributed by atoms with Crippen molar-refractivity contribution in [1.82, 2.24) is 10.1 Å². The zero-order valence-electron chi connectivity index (χ0n) is 10.6. The van der Waals surface area contributed by atoms with Gasteiger partial charge in [0.05, 0.1) is 18.4 Å². The summed E-state index contributed by atoms with van der Waals surface area (Å²) in [6.07, 6.45) is 3.41. The quantitative estimate of drug-likeness (QED) is 0.909. The lowest BCUT2D eigenvalue weighted by Gasteiger charge is -2.27. The van der Waals surface area contributed by atoms with Crippen molar-refractivity contribution in [2.75, 3.05) is 0 Å². The third-order valence-electron chi connectivity index (χ3n) is 4.20. The van der Waals surface area contributed by atoms with E-state index in [2.05, 4.69) is 28.3 Å². The van der Waals surface area contributed by atoms with Gasteiger partial charge in [-0.25, -0.2) is 0 Å². The number of aliphatic hydroxyl groups is 1. The maximum absolute atomic E-state index is 9.89. The van der Waals surface area contributed by atoms with Crippen molar-refractivity contribution in [3.63, 3.8) is 0 Å². The zero-order valence-corrected chi connectivity index (χ0v) is 10.6. The fourth-order valence-corrected chi connectivity index (χ4v) is 2.81.